The smallest absolute Gasteiger partial charge is 0.221 e. The maximum absolute atomic E-state index is 5.89. The van der Waals surface area contributed by atoms with Crippen molar-refractivity contribution < 1.29 is 4.74 Å². The Kier molecular flexibility index (Phi) is 8.09. The van der Waals surface area contributed by atoms with Crippen molar-refractivity contribution in [3.63, 3.8) is 0 Å². The fraction of sp³-hybridized carbons (Fsp3) is 0.765. The van der Waals surface area contributed by atoms with E-state index in [1.807, 2.05) is 14.0 Å². The summed E-state index contributed by atoms with van der Waals surface area (Å²) >= 11 is 0. The van der Waals surface area contributed by atoms with Crippen LogP contribution in [0.3, 0.4) is 0 Å². The van der Waals surface area contributed by atoms with Gasteiger partial charge in [-0.15, -0.1) is 0 Å². The predicted octanol–water partition coefficient (Wildman–Crippen LogP) is 4.69. The molecule has 0 aliphatic rings. The van der Waals surface area contributed by atoms with Gasteiger partial charge in [0.05, 0.1) is 12.2 Å². The maximum Gasteiger partial charge on any atom is 0.221 e. The largest absolute Gasteiger partial charge is 0.477 e. The van der Waals surface area contributed by atoms with Crippen LogP contribution in [0.25, 0.3) is 0 Å². The molecule has 4 heteroatoms. The molecule has 21 heavy (non-hydrogen) atoms. The number of nitrogens with one attached hydrogen (secondary N) is 1. The lowest BCUT2D eigenvalue weighted by molar-refractivity contribution is 0.289. The number of rotatable bonds is 10. The topological polar surface area (TPSA) is 47.0 Å². The standard InChI is InChI=1S/C17H31N3O/c1-6-7-8-9-10-11-12-21-17-14(4)16(18-5)19-15(20-17)13(2)3/h13H,6-12H2,1-5H3,(H,18,19,20). The van der Waals surface area contributed by atoms with E-state index in [2.05, 4.69) is 36.1 Å². The fourth-order valence-electron chi connectivity index (χ4n) is 2.21. The molecule has 0 aromatic carbocycles. The van der Waals surface area contributed by atoms with E-state index in [0.717, 1.165) is 36.1 Å². The molecule has 0 aliphatic heterocycles. The molecular formula is C17H31N3O. The monoisotopic (exact) mass is 293 g/mol. The molecule has 0 aliphatic carbocycles. The molecule has 1 heterocycles. The number of unbranched alkanes of at least 4 members (excludes halogenated alkanes) is 5. The van der Waals surface area contributed by atoms with Crippen LogP contribution in [0.4, 0.5) is 5.82 Å². The third kappa shape index (κ3) is 5.90. The van der Waals surface area contributed by atoms with E-state index in [0.29, 0.717) is 5.92 Å². The van der Waals surface area contributed by atoms with Gasteiger partial charge in [0.25, 0.3) is 0 Å². The zero-order valence-electron chi connectivity index (χ0n) is 14.3. The molecule has 0 saturated carbocycles. The number of ether oxygens (including phenoxy) is 1. The average Bonchev–Trinajstić information content (AvgIpc) is 2.47. The molecule has 120 valence electrons. The number of hydrogen-bond donors (Lipinski definition) is 1. The van der Waals surface area contributed by atoms with Crippen LogP contribution in [0.5, 0.6) is 5.88 Å². The van der Waals surface area contributed by atoms with Crippen LogP contribution in [0, 0.1) is 6.92 Å². The van der Waals surface area contributed by atoms with E-state index >= 15 is 0 Å². The number of anilines is 1. The van der Waals surface area contributed by atoms with Crippen molar-refractivity contribution in [3.05, 3.63) is 11.4 Å². The minimum absolute atomic E-state index is 0.300. The average molecular weight is 293 g/mol. The summed E-state index contributed by atoms with van der Waals surface area (Å²) in [5.74, 6) is 2.73. The first-order chi connectivity index (χ1) is 10.1. The third-order valence-corrected chi connectivity index (χ3v) is 3.61. The van der Waals surface area contributed by atoms with Crippen molar-refractivity contribution in [3.8, 4) is 5.88 Å². The first kappa shape index (κ1) is 17.7. The van der Waals surface area contributed by atoms with Gasteiger partial charge in [0.1, 0.15) is 11.6 Å². The molecular weight excluding hydrogens is 262 g/mol. The fourth-order valence-corrected chi connectivity index (χ4v) is 2.21. The summed E-state index contributed by atoms with van der Waals surface area (Å²) < 4.78 is 5.89. The molecule has 0 fully saturated rings. The minimum atomic E-state index is 0.300. The highest BCUT2D eigenvalue weighted by Gasteiger charge is 2.13. The molecule has 0 saturated heterocycles. The van der Waals surface area contributed by atoms with Crippen LogP contribution in [0.1, 0.15) is 76.6 Å². The molecule has 1 N–H and O–H groups in total. The Balaban J connectivity index is 2.52. The molecule has 4 nitrogen and oxygen atoms in total. The highest BCUT2D eigenvalue weighted by atomic mass is 16.5. The van der Waals surface area contributed by atoms with Gasteiger partial charge in [-0.1, -0.05) is 52.9 Å². The second-order valence-corrected chi connectivity index (χ2v) is 5.88. The van der Waals surface area contributed by atoms with Crippen molar-refractivity contribution in [2.75, 3.05) is 19.0 Å². The molecule has 0 radical (unpaired) electrons. The Morgan fingerprint density at radius 3 is 2.33 bits per heavy atom. The summed E-state index contributed by atoms with van der Waals surface area (Å²) in [4.78, 5) is 9.08. The molecule has 0 spiro atoms. The van der Waals surface area contributed by atoms with Gasteiger partial charge in [-0.3, -0.25) is 0 Å². The van der Waals surface area contributed by atoms with Gasteiger partial charge < -0.3 is 10.1 Å². The summed E-state index contributed by atoms with van der Waals surface area (Å²) in [6.45, 7) is 9.19. The normalized spacial score (nSPS) is 11.0. The van der Waals surface area contributed by atoms with Crippen molar-refractivity contribution in [2.45, 2.75) is 72.1 Å². The van der Waals surface area contributed by atoms with Crippen molar-refractivity contribution in [2.24, 2.45) is 0 Å². The van der Waals surface area contributed by atoms with Crippen LogP contribution < -0.4 is 10.1 Å². The van der Waals surface area contributed by atoms with E-state index in [1.54, 1.807) is 0 Å². The van der Waals surface area contributed by atoms with Crippen molar-refractivity contribution in [1.29, 1.82) is 0 Å². The maximum atomic E-state index is 5.89. The number of hydrogen-bond acceptors (Lipinski definition) is 4. The van der Waals surface area contributed by atoms with Crippen molar-refractivity contribution in [1.82, 2.24) is 9.97 Å². The quantitative estimate of drug-likeness (QED) is 0.636. The van der Waals surface area contributed by atoms with Crippen molar-refractivity contribution >= 4 is 5.82 Å². The summed E-state index contributed by atoms with van der Waals surface area (Å²) in [5, 5.41) is 3.12. The van der Waals surface area contributed by atoms with Crippen LogP contribution >= 0.6 is 0 Å². The van der Waals surface area contributed by atoms with Crippen LogP contribution in [-0.4, -0.2) is 23.6 Å². The summed E-state index contributed by atoms with van der Waals surface area (Å²) in [7, 11) is 1.89. The second-order valence-electron chi connectivity index (χ2n) is 5.88. The van der Waals surface area contributed by atoms with Gasteiger partial charge >= 0.3 is 0 Å². The van der Waals surface area contributed by atoms with Crippen LogP contribution in [0.15, 0.2) is 0 Å². The Bertz CT molecular complexity index is 419. The highest BCUT2D eigenvalue weighted by molar-refractivity contribution is 5.48. The molecule has 1 aromatic heterocycles. The Hall–Kier alpha value is -1.32. The summed E-state index contributed by atoms with van der Waals surface area (Å²) in [5.41, 5.74) is 0.993. The van der Waals surface area contributed by atoms with Crippen LogP contribution in [-0.2, 0) is 0 Å². The van der Waals surface area contributed by atoms with Gasteiger partial charge in [-0.05, 0) is 13.3 Å². The SMILES string of the molecule is CCCCCCCCOc1nc(C(C)C)nc(NC)c1C. The van der Waals surface area contributed by atoms with Gasteiger partial charge in [0, 0.05) is 13.0 Å². The highest BCUT2D eigenvalue weighted by Crippen LogP contribution is 2.24. The van der Waals surface area contributed by atoms with Gasteiger partial charge in [-0.25, -0.2) is 4.98 Å². The first-order valence-electron chi connectivity index (χ1n) is 8.29. The molecule has 0 atom stereocenters. The van der Waals surface area contributed by atoms with E-state index in [9.17, 15) is 0 Å². The number of nitrogens with zero attached hydrogens (tertiary/aromatic N) is 2. The summed E-state index contributed by atoms with van der Waals surface area (Å²) in [6.07, 6.45) is 7.61. The second kappa shape index (κ2) is 9.59. The van der Waals surface area contributed by atoms with E-state index < -0.39 is 0 Å². The minimum Gasteiger partial charge on any atom is -0.477 e. The third-order valence-electron chi connectivity index (χ3n) is 3.61. The lowest BCUT2D eigenvalue weighted by atomic mass is 10.1. The molecule has 1 rings (SSSR count). The van der Waals surface area contributed by atoms with Crippen LogP contribution in [0.2, 0.25) is 0 Å². The number of aromatic nitrogens is 2. The predicted molar refractivity (Wildman–Crippen MR) is 89.3 cm³/mol. The lowest BCUT2D eigenvalue weighted by Gasteiger charge is -2.14. The summed E-state index contributed by atoms with van der Waals surface area (Å²) in [6, 6.07) is 0. The molecule has 0 amide bonds. The van der Waals surface area contributed by atoms with E-state index in [-0.39, 0.29) is 0 Å². The molecule has 0 unspecified atom stereocenters. The molecule has 0 bridgehead atoms. The van der Waals surface area contributed by atoms with Gasteiger partial charge in [0.15, 0.2) is 0 Å². The van der Waals surface area contributed by atoms with E-state index in [1.165, 1.54) is 32.1 Å². The zero-order chi connectivity index (χ0) is 15.7. The molecule has 1 aromatic rings. The van der Waals surface area contributed by atoms with Gasteiger partial charge in [0.2, 0.25) is 5.88 Å². The zero-order valence-corrected chi connectivity index (χ0v) is 14.3. The Morgan fingerprint density at radius 2 is 1.71 bits per heavy atom. The first-order valence-corrected chi connectivity index (χ1v) is 8.29. The van der Waals surface area contributed by atoms with Gasteiger partial charge in [-0.2, -0.15) is 4.98 Å². The lowest BCUT2D eigenvalue weighted by Crippen LogP contribution is -2.09. The van der Waals surface area contributed by atoms with E-state index in [4.69, 9.17) is 4.74 Å². The Morgan fingerprint density at radius 1 is 1.05 bits per heavy atom. The Labute approximate surface area is 129 Å².